The van der Waals surface area contributed by atoms with E-state index in [1.807, 2.05) is 12.1 Å². The molecule has 0 aliphatic carbocycles. The minimum absolute atomic E-state index is 0. The second-order valence-electron chi connectivity index (χ2n) is 7.56. The van der Waals surface area contributed by atoms with E-state index in [0.29, 0.717) is 19.8 Å². The summed E-state index contributed by atoms with van der Waals surface area (Å²) in [6.07, 6.45) is 2.67. The Morgan fingerprint density at radius 3 is 1.97 bits per heavy atom. The molecule has 0 bridgehead atoms. The Bertz CT molecular complexity index is 775. The van der Waals surface area contributed by atoms with Crippen LogP contribution in [0.25, 0.3) is 0 Å². The number of nitrogens with one attached hydrogen (secondary N) is 2. The van der Waals surface area contributed by atoms with Gasteiger partial charge < -0.3 is 20.1 Å². The third kappa shape index (κ3) is 9.04. The van der Waals surface area contributed by atoms with Crippen LogP contribution in [0.3, 0.4) is 0 Å². The van der Waals surface area contributed by atoms with Crippen LogP contribution in [0.2, 0.25) is 0 Å². The van der Waals surface area contributed by atoms with Gasteiger partial charge >= 0.3 is 0 Å². The molecule has 0 radical (unpaired) electrons. The maximum atomic E-state index is 5.60. The second-order valence-corrected chi connectivity index (χ2v) is 7.56. The SMILES string of the molecule is CN=C(NCc1ccc(CN2CCCC2)cc1)NCc1ccc(OCCOC)cc1.I. The van der Waals surface area contributed by atoms with Crippen molar-refractivity contribution in [2.75, 3.05) is 40.5 Å². The molecule has 3 rings (SSSR count). The summed E-state index contributed by atoms with van der Waals surface area (Å²) < 4.78 is 10.6. The van der Waals surface area contributed by atoms with E-state index in [-0.39, 0.29) is 24.0 Å². The van der Waals surface area contributed by atoms with Gasteiger partial charge in [-0.1, -0.05) is 36.4 Å². The first-order valence-corrected chi connectivity index (χ1v) is 10.7. The van der Waals surface area contributed by atoms with Crippen LogP contribution < -0.4 is 15.4 Å². The van der Waals surface area contributed by atoms with Crippen molar-refractivity contribution in [2.45, 2.75) is 32.5 Å². The molecule has 2 aromatic carbocycles. The molecule has 2 aromatic rings. The molecular formula is C24H35IN4O2. The summed E-state index contributed by atoms with van der Waals surface area (Å²) in [4.78, 5) is 6.85. The quantitative estimate of drug-likeness (QED) is 0.209. The predicted octanol–water partition coefficient (Wildman–Crippen LogP) is 3.79. The molecule has 0 atom stereocenters. The van der Waals surface area contributed by atoms with Crippen molar-refractivity contribution in [2.24, 2.45) is 4.99 Å². The zero-order chi connectivity index (χ0) is 21.0. The number of guanidine groups is 1. The molecule has 1 heterocycles. The number of rotatable bonds is 10. The van der Waals surface area contributed by atoms with Crippen LogP contribution in [0, 0.1) is 0 Å². The minimum atomic E-state index is 0. The van der Waals surface area contributed by atoms with Crippen LogP contribution in [0.15, 0.2) is 53.5 Å². The van der Waals surface area contributed by atoms with Crippen molar-refractivity contribution >= 4 is 29.9 Å². The smallest absolute Gasteiger partial charge is 0.191 e. The van der Waals surface area contributed by atoms with Crippen molar-refractivity contribution in [1.82, 2.24) is 15.5 Å². The molecule has 31 heavy (non-hydrogen) atoms. The lowest BCUT2D eigenvalue weighted by Crippen LogP contribution is -2.36. The van der Waals surface area contributed by atoms with Gasteiger partial charge in [-0.2, -0.15) is 0 Å². The number of methoxy groups -OCH3 is 1. The van der Waals surface area contributed by atoms with Gasteiger partial charge in [-0.15, -0.1) is 24.0 Å². The third-order valence-electron chi connectivity index (χ3n) is 5.25. The average molecular weight is 538 g/mol. The predicted molar refractivity (Wildman–Crippen MR) is 137 cm³/mol. The highest BCUT2D eigenvalue weighted by molar-refractivity contribution is 14.0. The zero-order valence-electron chi connectivity index (χ0n) is 18.6. The summed E-state index contributed by atoms with van der Waals surface area (Å²) in [6.45, 7) is 6.12. The van der Waals surface area contributed by atoms with Gasteiger partial charge in [0, 0.05) is 33.8 Å². The van der Waals surface area contributed by atoms with Crippen molar-refractivity contribution in [3.63, 3.8) is 0 Å². The van der Waals surface area contributed by atoms with E-state index < -0.39 is 0 Å². The summed E-state index contributed by atoms with van der Waals surface area (Å²) in [5.41, 5.74) is 3.81. The second kappa shape index (κ2) is 14.3. The molecule has 1 aliphatic heterocycles. The van der Waals surface area contributed by atoms with Gasteiger partial charge in [0.05, 0.1) is 6.61 Å². The summed E-state index contributed by atoms with van der Waals surface area (Å²) in [6, 6.07) is 17.0. The van der Waals surface area contributed by atoms with Crippen molar-refractivity contribution in [1.29, 1.82) is 0 Å². The topological polar surface area (TPSA) is 58.1 Å². The highest BCUT2D eigenvalue weighted by atomic mass is 127. The normalized spacial score (nSPS) is 14.2. The summed E-state index contributed by atoms with van der Waals surface area (Å²) in [7, 11) is 3.46. The summed E-state index contributed by atoms with van der Waals surface area (Å²) in [5.74, 6) is 1.64. The highest BCUT2D eigenvalue weighted by Crippen LogP contribution is 2.14. The van der Waals surface area contributed by atoms with Gasteiger partial charge in [-0.05, 0) is 54.8 Å². The first-order chi connectivity index (χ1) is 14.8. The molecule has 1 fully saturated rings. The van der Waals surface area contributed by atoms with Crippen LogP contribution >= 0.6 is 24.0 Å². The third-order valence-corrected chi connectivity index (χ3v) is 5.25. The fraction of sp³-hybridized carbons (Fsp3) is 0.458. The van der Waals surface area contributed by atoms with Gasteiger partial charge in [-0.3, -0.25) is 9.89 Å². The molecule has 0 saturated carbocycles. The summed E-state index contributed by atoms with van der Waals surface area (Å²) >= 11 is 0. The standard InChI is InChI=1S/C24H34N4O2.HI/c1-25-24(27-18-21-9-11-23(12-10-21)30-16-15-29-2)26-17-20-5-7-22(8-6-20)19-28-13-3-4-14-28;/h5-12H,3-4,13-19H2,1-2H3,(H2,25,26,27);1H. The highest BCUT2D eigenvalue weighted by Gasteiger charge is 2.11. The first kappa shape index (κ1) is 25.4. The Kier molecular flexibility index (Phi) is 11.7. The largest absolute Gasteiger partial charge is 0.491 e. The fourth-order valence-electron chi connectivity index (χ4n) is 3.50. The van der Waals surface area contributed by atoms with Crippen molar-refractivity contribution in [3.05, 3.63) is 65.2 Å². The number of likely N-dealkylation sites (tertiary alicyclic amines) is 1. The lowest BCUT2D eigenvalue weighted by atomic mass is 10.1. The van der Waals surface area contributed by atoms with Gasteiger partial charge in [0.15, 0.2) is 5.96 Å². The Balaban J connectivity index is 0.00000341. The zero-order valence-corrected chi connectivity index (χ0v) is 20.9. The molecule has 1 aliphatic rings. The van der Waals surface area contributed by atoms with E-state index in [2.05, 4.69) is 56.9 Å². The number of nitrogens with zero attached hydrogens (tertiary/aromatic N) is 2. The van der Waals surface area contributed by atoms with E-state index >= 15 is 0 Å². The number of benzene rings is 2. The Hall–Kier alpha value is -1.84. The van der Waals surface area contributed by atoms with Crippen LogP contribution in [0.4, 0.5) is 0 Å². The van der Waals surface area contributed by atoms with Gasteiger partial charge in [-0.25, -0.2) is 0 Å². The fourth-order valence-corrected chi connectivity index (χ4v) is 3.50. The van der Waals surface area contributed by atoms with E-state index in [1.165, 1.54) is 42.6 Å². The number of hydrogen-bond donors (Lipinski definition) is 2. The average Bonchev–Trinajstić information content (AvgIpc) is 3.29. The van der Waals surface area contributed by atoms with Crippen LogP contribution in [0.1, 0.15) is 29.5 Å². The van der Waals surface area contributed by atoms with E-state index in [9.17, 15) is 0 Å². The van der Waals surface area contributed by atoms with Gasteiger partial charge in [0.25, 0.3) is 0 Å². The molecule has 1 saturated heterocycles. The molecule has 0 amide bonds. The van der Waals surface area contributed by atoms with Gasteiger partial charge in [0.1, 0.15) is 12.4 Å². The summed E-state index contributed by atoms with van der Waals surface area (Å²) in [5, 5.41) is 6.74. The first-order valence-electron chi connectivity index (χ1n) is 10.7. The molecular weight excluding hydrogens is 503 g/mol. The maximum absolute atomic E-state index is 5.60. The molecule has 0 aromatic heterocycles. The maximum Gasteiger partial charge on any atom is 0.191 e. The lowest BCUT2D eigenvalue weighted by Gasteiger charge is -2.15. The Morgan fingerprint density at radius 2 is 1.42 bits per heavy atom. The number of hydrogen-bond acceptors (Lipinski definition) is 4. The Labute approximate surface area is 203 Å². The van der Waals surface area contributed by atoms with E-state index in [4.69, 9.17) is 9.47 Å². The molecule has 7 heteroatoms. The van der Waals surface area contributed by atoms with Crippen LogP contribution in [-0.2, 0) is 24.4 Å². The minimum Gasteiger partial charge on any atom is -0.491 e. The lowest BCUT2D eigenvalue weighted by molar-refractivity contribution is 0.146. The van der Waals surface area contributed by atoms with Crippen LogP contribution in [-0.4, -0.2) is 51.3 Å². The molecule has 170 valence electrons. The van der Waals surface area contributed by atoms with Crippen LogP contribution in [0.5, 0.6) is 5.75 Å². The molecule has 0 spiro atoms. The van der Waals surface area contributed by atoms with Gasteiger partial charge in [0.2, 0.25) is 0 Å². The monoisotopic (exact) mass is 538 g/mol. The number of aliphatic imine (C=N–C) groups is 1. The van der Waals surface area contributed by atoms with E-state index in [0.717, 1.165) is 24.8 Å². The molecule has 2 N–H and O–H groups in total. The molecule has 6 nitrogen and oxygen atoms in total. The Morgan fingerprint density at radius 1 is 0.871 bits per heavy atom. The number of halogens is 1. The van der Waals surface area contributed by atoms with Crippen molar-refractivity contribution < 1.29 is 9.47 Å². The van der Waals surface area contributed by atoms with Crippen molar-refractivity contribution in [3.8, 4) is 5.75 Å². The molecule has 0 unspecified atom stereocenters. The van der Waals surface area contributed by atoms with E-state index in [1.54, 1.807) is 14.2 Å². The number of ether oxygens (including phenoxy) is 2.